The van der Waals surface area contributed by atoms with E-state index in [0.29, 0.717) is 6.04 Å². The van der Waals surface area contributed by atoms with Crippen LogP contribution in [0.15, 0.2) is 24.3 Å². The molecule has 1 N–H and O–H groups in total. The molecule has 0 aliphatic carbocycles. The number of likely N-dealkylation sites (tertiary alicyclic amines) is 1. The number of hydrogen-bond acceptors (Lipinski definition) is 2. The molecular weight excluding hydrogens is 232 g/mol. The predicted molar refractivity (Wildman–Crippen MR) is 82.4 cm³/mol. The van der Waals surface area contributed by atoms with Gasteiger partial charge in [-0.1, -0.05) is 38.1 Å². The molecule has 1 aromatic rings. The van der Waals surface area contributed by atoms with E-state index in [1.54, 1.807) is 0 Å². The molecule has 1 heterocycles. The quantitative estimate of drug-likeness (QED) is 0.845. The standard InChI is InChI=1S/C17H28N2/c1-14(2)18-11-10-16-6-8-17(9-7-16)13-19-12-4-5-15(19)3/h6-9,14-15,18H,4-5,10-13H2,1-3H3. The molecule has 19 heavy (non-hydrogen) atoms. The summed E-state index contributed by atoms with van der Waals surface area (Å²) in [5, 5.41) is 3.46. The Bertz CT molecular complexity index is 369. The van der Waals surface area contributed by atoms with Gasteiger partial charge in [0.2, 0.25) is 0 Å². The molecule has 1 fully saturated rings. The normalized spacial score (nSPS) is 20.3. The predicted octanol–water partition coefficient (Wildman–Crippen LogP) is 3.21. The molecule has 1 aromatic carbocycles. The number of nitrogens with one attached hydrogen (secondary N) is 1. The summed E-state index contributed by atoms with van der Waals surface area (Å²) in [6, 6.07) is 10.5. The zero-order valence-corrected chi connectivity index (χ0v) is 12.7. The van der Waals surface area contributed by atoms with Crippen LogP contribution in [0, 0.1) is 0 Å². The van der Waals surface area contributed by atoms with Gasteiger partial charge in [0.1, 0.15) is 0 Å². The van der Waals surface area contributed by atoms with Crippen molar-refractivity contribution in [1.29, 1.82) is 0 Å². The molecule has 1 aliphatic heterocycles. The fraction of sp³-hybridized carbons (Fsp3) is 0.647. The van der Waals surface area contributed by atoms with E-state index >= 15 is 0 Å². The molecule has 0 bridgehead atoms. The van der Waals surface area contributed by atoms with E-state index in [1.807, 2.05) is 0 Å². The van der Waals surface area contributed by atoms with Crippen molar-refractivity contribution >= 4 is 0 Å². The summed E-state index contributed by atoms with van der Waals surface area (Å²) in [5.41, 5.74) is 2.89. The van der Waals surface area contributed by atoms with Crippen LogP contribution in [0.4, 0.5) is 0 Å². The molecule has 1 atom stereocenters. The lowest BCUT2D eigenvalue weighted by molar-refractivity contribution is 0.260. The zero-order chi connectivity index (χ0) is 13.7. The third kappa shape index (κ3) is 4.63. The molecule has 2 rings (SSSR count). The summed E-state index contributed by atoms with van der Waals surface area (Å²) in [6.07, 6.45) is 3.84. The van der Waals surface area contributed by atoms with Gasteiger partial charge in [0.25, 0.3) is 0 Å². The average Bonchev–Trinajstić information content (AvgIpc) is 2.77. The van der Waals surface area contributed by atoms with Crippen molar-refractivity contribution < 1.29 is 0 Å². The van der Waals surface area contributed by atoms with Crippen LogP contribution in [0.5, 0.6) is 0 Å². The molecule has 0 amide bonds. The van der Waals surface area contributed by atoms with Crippen molar-refractivity contribution in [3.05, 3.63) is 35.4 Å². The fourth-order valence-corrected chi connectivity index (χ4v) is 2.78. The summed E-state index contributed by atoms with van der Waals surface area (Å²) in [6.45, 7) is 10.2. The SMILES string of the molecule is CC(C)NCCc1ccc(CN2CCCC2C)cc1. The molecule has 106 valence electrons. The lowest BCUT2D eigenvalue weighted by Crippen LogP contribution is -2.26. The Hall–Kier alpha value is -0.860. The first-order valence-electron chi connectivity index (χ1n) is 7.70. The maximum Gasteiger partial charge on any atom is 0.0236 e. The zero-order valence-electron chi connectivity index (χ0n) is 12.7. The molecule has 1 aliphatic rings. The highest BCUT2D eigenvalue weighted by molar-refractivity contribution is 5.23. The first kappa shape index (κ1) is 14.5. The number of hydrogen-bond donors (Lipinski definition) is 1. The first-order valence-corrected chi connectivity index (χ1v) is 7.70. The number of nitrogens with zero attached hydrogens (tertiary/aromatic N) is 1. The average molecular weight is 260 g/mol. The minimum Gasteiger partial charge on any atom is -0.314 e. The maximum atomic E-state index is 3.46. The largest absolute Gasteiger partial charge is 0.314 e. The Morgan fingerprint density at radius 3 is 2.47 bits per heavy atom. The molecule has 0 saturated carbocycles. The molecule has 1 saturated heterocycles. The molecule has 2 heteroatoms. The van der Waals surface area contributed by atoms with Gasteiger partial charge in [-0.05, 0) is 50.4 Å². The van der Waals surface area contributed by atoms with E-state index in [9.17, 15) is 0 Å². The van der Waals surface area contributed by atoms with Crippen LogP contribution in [-0.4, -0.2) is 30.1 Å². The summed E-state index contributed by atoms with van der Waals surface area (Å²) < 4.78 is 0. The highest BCUT2D eigenvalue weighted by atomic mass is 15.2. The molecule has 0 spiro atoms. The third-order valence-electron chi connectivity index (χ3n) is 4.07. The third-order valence-corrected chi connectivity index (χ3v) is 4.07. The Balaban J connectivity index is 1.81. The van der Waals surface area contributed by atoms with Crippen molar-refractivity contribution in [1.82, 2.24) is 10.2 Å². The van der Waals surface area contributed by atoms with Gasteiger partial charge in [-0.25, -0.2) is 0 Å². The van der Waals surface area contributed by atoms with Crippen LogP contribution in [0.2, 0.25) is 0 Å². The highest BCUT2D eigenvalue weighted by Gasteiger charge is 2.19. The van der Waals surface area contributed by atoms with Crippen molar-refractivity contribution in [2.75, 3.05) is 13.1 Å². The van der Waals surface area contributed by atoms with Gasteiger partial charge < -0.3 is 5.32 Å². The van der Waals surface area contributed by atoms with Crippen molar-refractivity contribution in [2.45, 2.75) is 58.7 Å². The Morgan fingerprint density at radius 2 is 1.89 bits per heavy atom. The van der Waals surface area contributed by atoms with Crippen LogP contribution in [-0.2, 0) is 13.0 Å². The van der Waals surface area contributed by atoms with Crippen molar-refractivity contribution in [2.24, 2.45) is 0 Å². The lowest BCUT2D eigenvalue weighted by atomic mass is 10.1. The van der Waals surface area contributed by atoms with Gasteiger partial charge in [-0.3, -0.25) is 4.90 Å². The van der Waals surface area contributed by atoms with Crippen LogP contribution in [0.3, 0.4) is 0 Å². The van der Waals surface area contributed by atoms with E-state index in [-0.39, 0.29) is 0 Å². The maximum absolute atomic E-state index is 3.46. The van der Waals surface area contributed by atoms with Crippen molar-refractivity contribution in [3.63, 3.8) is 0 Å². The summed E-state index contributed by atoms with van der Waals surface area (Å²) in [5.74, 6) is 0. The Labute approximate surface area is 118 Å². The number of rotatable bonds is 6. The second kappa shape index (κ2) is 7.06. The highest BCUT2D eigenvalue weighted by Crippen LogP contribution is 2.19. The Morgan fingerprint density at radius 1 is 1.21 bits per heavy atom. The van der Waals surface area contributed by atoms with Crippen LogP contribution >= 0.6 is 0 Å². The fourth-order valence-electron chi connectivity index (χ4n) is 2.78. The second-order valence-corrected chi connectivity index (χ2v) is 6.14. The van der Waals surface area contributed by atoms with Crippen LogP contribution in [0.1, 0.15) is 44.7 Å². The smallest absolute Gasteiger partial charge is 0.0236 e. The molecule has 2 nitrogen and oxygen atoms in total. The summed E-state index contributed by atoms with van der Waals surface area (Å²) in [7, 11) is 0. The minimum absolute atomic E-state index is 0.580. The van der Waals surface area contributed by atoms with Crippen LogP contribution < -0.4 is 5.32 Å². The van der Waals surface area contributed by atoms with E-state index in [1.165, 1.54) is 30.5 Å². The number of benzene rings is 1. The van der Waals surface area contributed by atoms with Gasteiger partial charge >= 0.3 is 0 Å². The summed E-state index contributed by atoms with van der Waals surface area (Å²) >= 11 is 0. The minimum atomic E-state index is 0.580. The van der Waals surface area contributed by atoms with E-state index < -0.39 is 0 Å². The van der Waals surface area contributed by atoms with Gasteiger partial charge in [0, 0.05) is 18.6 Å². The first-order chi connectivity index (χ1) is 9.15. The Kier molecular flexibility index (Phi) is 5.41. The van der Waals surface area contributed by atoms with E-state index in [0.717, 1.165) is 25.6 Å². The lowest BCUT2D eigenvalue weighted by Gasteiger charge is -2.21. The van der Waals surface area contributed by atoms with E-state index in [2.05, 4.69) is 55.3 Å². The topological polar surface area (TPSA) is 15.3 Å². The second-order valence-electron chi connectivity index (χ2n) is 6.14. The molecular formula is C17H28N2. The van der Waals surface area contributed by atoms with Gasteiger partial charge in [-0.2, -0.15) is 0 Å². The van der Waals surface area contributed by atoms with Crippen molar-refractivity contribution in [3.8, 4) is 0 Å². The monoisotopic (exact) mass is 260 g/mol. The molecule has 1 unspecified atom stereocenters. The summed E-state index contributed by atoms with van der Waals surface area (Å²) in [4.78, 5) is 2.59. The van der Waals surface area contributed by atoms with Gasteiger partial charge in [-0.15, -0.1) is 0 Å². The van der Waals surface area contributed by atoms with Crippen LogP contribution in [0.25, 0.3) is 0 Å². The van der Waals surface area contributed by atoms with E-state index in [4.69, 9.17) is 0 Å². The van der Waals surface area contributed by atoms with Gasteiger partial charge in [0.05, 0.1) is 0 Å². The molecule has 0 aromatic heterocycles. The van der Waals surface area contributed by atoms with Gasteiger partial charge in [0.15, 0.2) is 0 Å². The molecule has 0 radical (unpaired) electrons.